The first-order valence-corrected chi connectivity index (χ1v) is 3.60. The Morgan fingerprint density at radius 3 is 3.18 bits per heavy atom. The van der Waals surface area contributed by atoms with Crippen LogP contribution >= 0.6 is 0 Å². The van der Waals surface area contributed by atoms with Gasteiger partial charge in [0.2, 0.25) is 0 Å². The molecule has 1 aliphatic carbocycles. The predicted octanol–water partition coefficient (Wildman–Crippen LogP) is 0.216. The molecular formula is C8H10O3. The fraction of sp³-hybridized carbons (Fsp3) is 0.500. The molecule has 11 heavy (non-hydrogen) atoms. The summed E-state index contributed by atoms with van der Waals surface area (Å²) in [6.07, 6.45) is 7.38. The molecule has 0 amide bonds. The van der Waals surface area contributed by atoms with E-state index in [1.54, 1.807) is 0 Å². The summed E-state index contributed by atoms with van der Waals surface area (Å²) in [6.45, 7) is 0.235. The molecule has 1 saturated heterocycles. The van der Waals surface area contributed by atoms with Crippen molar-refractivity contribution in [3.8, 4) is 0 Å². The van der Waals surface area contributed by atoms with Gasteiger partial charge in [-0.25, -0.2) is 0 Å². The molecule has 1 heterocycles. The summed E-state index contributed by atoms with van der Waals surface area (Å²) in [4.78, 5) is 0. The van der Waals surface area contributed by atoms with Crippen molar-refractivity contribution in [1.82, 2.24) is 0 Å². The normalized spacial score (nSPS) is 41.0. The lowest BCUT2D eigenvalue weighted by Gasteiger charge is -2.26. The predicted molar refractivity (Wildman–Crippen MR) is 38.9 cm³/mol. The van der Waals surface area contributed by atoms with E-state index in [0.717, 1.165) is 0 Å². The fourth-order valence-electron chi connectivity index (χ4n) is 1.37. The standard InChI is InChI=1S/C8H10O3/c9-5-8-4-2-1-3-7(8)10-6-11-8/h1-4,7,9H,5-6H2. The molecule has 2 unspecified atom stereocenters. The molecule has 1 aliphatic heterocycles. The molecule has 0 bridgehead atoms. The van der Waals surface area contributed by atoms with E-state index in [1.165, 1.54) is 0 Å². The van der Waals surface area contributed by atoms with E-state index in [0.29, 0.717) is 0 Å². The van der Waals surface area contributed by atoms with Gasteiger partial charge in [0.15, 0.2) is 0 Å². The van der Waals surface area contributed by atoms with Crippen LogP contribution in [0.15, 0.2) is 24.3 Å². The van der Waals surface area contributed by atoms with Gasteiger partial charge < -0.3 is 14.6 Å². The Morgan fingerprint density at radius 2 is 2.45 bits per heavy atom. The molecule has 1 fully saturated rings. The molecule has 3 nitrogen and oxygen atoms in total. The maximum Gasteiger partial charge on any atom is 0.149 e. The number of ether oxygens (including phenoxy) is 2. The largest absolute Gasteiger partial charge is 0.393 e. The van der Waals surface area contributed by atoms with Crippen LogP contribution in [0.25, 0.3) is 0 Å². The monoisotopic (exact) mass is 154 g/mol. The van der Waals surface area contributed by atoms with Gasteiger partial charge in [0.05, 0.1) is 6.61 Å². The van der Waals surface area contributed by atoms with Crippen LogP contribution in [0.1, 0.15) is 0 Å². The zero-order valence-corrected chi connectivity index (χ0v) is 6.06. The van der Waals surface area contributed by atoms with Gasteiger partial charge in [-0.2, -0.15) is 0 Å². The minimum absolute atomic E-state index is 0.0293. The molecule has 0 aromatic heterocycles. The summed E-state index contributed by atoms with van der Waals surface area (Å²) in [7, 11) is 0. The van der Waals surface area contributed by atoms with Crippen molar-refractivity contribution < 1.29 is 14.6 Å². The third-order valence-electron chi connectivity index (χ3n) is 2.08. The molecular weight excluding hydrogens is 144 g/mol. The number of hydrogen-bond donors (Lipinski definition) is 1. The molecule has 0 saturated carbocycles. The zero-order chi connectivity index (χ0) is 7.73. The topological polar surface area (TPSA) is 38.7 Å². The average Bonchev–Trinajstić information content (AvgIpc) is 2.48. The summed E-state index contributed by atoms with van der Waals surface area (Å²) in [5, 5.41) is 9.06. The maximum atomic E-state index is 9.06. The van der Waals surface area contributed by atoms with E-state index in [2.05, 4.69) is 0 Å². The van der Waals surface area contributed by atoms with E-state index in [4.69, 9.17) is 14.6 Å². The average molecular weight is 154 g/mol. The summed E-state index contributed by atoms with van der Waals surface area (Å²) in [6, 6.07) is 0. The lowest BCUT2D eigenvalue weighted by molar-refractivity contribution is -0.0126. The molecule has 2 aliphatic rings. The molecule has 0 spiro atoms. The van der Waals surface area contributed by atoms with Crippen molar-refractivity contribution in [3.05, 3.63) is 24.3 Å². The number of aliphatic hydroxyl groups excluding tert-OH is 1. The van der Waals surface area contributed by atoms with E-state index >= 15 is 0 Å². The van der Waals surface area contributed by atoms with Gasteiger partial charge in [0, 0.05) is 0 Å². The zero-order valence-electron chi connectivity index (χ0n) is 6.06. The molecule has 2 rings (SSSR count). The van der Waals surface area contributed by atoms with Gasteiger partial charge >= 0.3 is 0 Å². The Bertz CT molecular complexity index is 209. The van der Waals surface area contributed by atoms with Crippen molar-refractivity contribution in [2.75, 3.05) is 13.4 Å². The highest BCUT2D eigenvalue weighted by atomic mass is 16.7. The summed E-state index contributed by atoms with van der Waals surface area (Å²) >= 11 is 0. The highest BCUT2D eigenvalue weighted by molar-refractivity contribution is 5.24. The van der Waals surface area contributed by atoms with Crippen molar-refractivity contribution in [2.24, 2.45) is 0 Å². The Morgan fingerprint density at radius 1 is 1.55 bits per heavy atom. The van der Waals surface area contributed by atoms with Crippen LogP contribution in [-0.2, 0) is 9.47 Å². The Balaban J connectivity index is 2.28. The maximum absolute atomic E-state index is 9.06. The smallest absolute Gasteiger partial charge is 0.149 e. The Labute approximate surface area is 64.9 Å². The van der Waals surface area contributed by atoms with Crippen LogP contribution in [0.5, 0.6) is 0 Å². The first kappa shape index (κ1) is 7.03. The van der Waals surface area contributed by atoms with Gasteiger partial charge in [-0.05, 0) is 6.08 Å². The van der Waals surface area contributed by atoms with Gasteiger partial charge in [-0.15, -0.1) is 0 Å². The van der Waals surface area contributed by atoms with Crippen LogP contribution < -0.4 is 0 Å². The number of aliphatic hydroxyl groups is 1. The molecule has 2 atom stereocenters. The summed E-state index contributed by atoms with van der Waals surface area (Å²) in [5.74, 6) is 0. The van der Waals surface area contributed by atoms with Crippen molar-refractivity contribution in [1.29, 1.82) is 0 Å². The quantitative estimate of drug-likeness (QED) is 0.587. The summed E-state index contributed by atoms with van der Waals surface area (Å²) in [5.41, 5.74) is -0.602. The molecule has 0 radical (unpaired) electrons. The van der Waals surface area contributed by atoms with Crippen LogP contribution in [0.3, 0.4) is 0 Å². The van der Waals surface area contributed by atoms with E-state index in [-0.39, 0.29) is 19.5 Å². The second-order valence-electron chi connectivity index (χ2n) is 2.71. The highest BCUT2D eigenvalue weighted by Crippen LogP contribution is 2.30. The van der Waals surface area contributed by atoms with Gasteiger partial charge in [0.25, 0.3) is 0 Å². The van der Waals surface area contributed by atoms with Crippen LogP contribution in [0.2, 0.25) is 0 Å². The van der Waals surface area contributed by atoms with E-state index in [1.807, 2.05) is 24.3 Å². The second kappa shape index (κ2) is 2.44. The van der Waals surface area contributed by atoms with E-state index < -0.39 is 5.60 Å². The van der Waals surface area contributed by atoms with Crippen LogP contribution in [-0.4, -0.2) is 30.2 Å². The highest BCUT2D eigenvalue weighted by Gasteiger charge is 2.42. The Hall–Kier alpha value is -0.640. The lowest BCUT2D eigenvalue weighted by atomic mass is 9.93. The molecule has 60 valence electrons. The van der Waals surface area contributed by atoms with Crippen molar-refractivity contribution in [2.45, 2.75) is 11.7 Å². The molecule has 1 N–H and O–H groups in total. The SMILES string of the molecule is OCC12C=CC=CC1OCO2. The van der Waals surface area contributed by atoms with Crippen LogP contribution in [0.4, 0.5) is 0 Å². The van der Waals surface area contributed by atoms with E-state index in [9.17, 15) is 0 Å². The molecule has 0 aromatic rings. The number of hydrogen-bond acceptors (Lipinski definition) is 3. The van der Waals surface area contributed by atoms with Gasteiger partial charge in [0.1, 0.15) is 18.5 Å². The number of fused-ring (bicyclic) bond motifs is 1. The van der Waals surface area contributed by atoms with Crippen molar-refractivity contribution >= 4 is 0 Å². The third-order valence-corrected chi connectivity index (χ3v) is 2.08. The minimum atomic E-state index is -0.602. The molecule has 0 aromatic carbocycles. The fourth-order valence-corrected chi connectivity index (χ4v) is 1.37. The first-order chi connectivity index (χ1) is 5.37. The second-order valence-corrected chi connectivity index (χ2v) is 2.71. The van der Waals surface area contributed by atoms with Crippen LogP contribution in [0, 0.1) is 0 Å². The number of allylic oxidation sites excluding steroid dienone is 2. The van der Waals surface area contributed by atoms with Crippen molar-refractivity contribution in [3.63, 3.8) is 0 Å². The van der Waals surface area contributed by atoms with Gasteiger partial charge in [-0.3, -0.25) is 0 Å². The lowest BCUT2D eigenvalue weighted by Crippen LogP contribution is -2.41. The first-order valence-electron chi connectivity index (χ1n) is 3.60. The minimum Gasteiger partial charge on any atom is -0.393 e. The third kappa shape index (κ3) is 0.929. The van der Waals surface area contributed by atoms with Gasteiger partial charge in [-0.1, -0.05) is 18.2 Å². The summed E-state index contributed by atoms with van der Waals surface area (Å²) < 4.78 is 10.5. The molecule has 3 heteroatoms. The Kier molecular flexibility index (Phi) is 1.56. The number of rotatable bonds is 1.